The summed E-state index contributed by atoms with van der Waals surface area (Å²) >= 11 is 1.46. The Morgan fingerprint density at radius 3 is 2.77 bits per heavy atom. The van der Waals surface area contributed by atoms with Gasteiger partial charge < -0.3 is 15.5 Å². The fourth-order valence-corrected chi connectivity index (χ4v) is 2.88. The Labute approximate surface area is 130 Å². The van der Waals surface area contributed by atoms with Gasteiger partial charge in [0.05, 0.1) is 5.69 Å². The van der Waals surface area contributed by atoms with Crippen LogP contribution in [-0.2, 0) is 9.59 Å². The maximum absolute atomic E-state index is 11.0. The number of pyridine rings is 1. The second-order valence-corrected chi connectivity index (χ2v) is 5.42. The van der Waals surface area contributed by atoms with Crippen molar-refractivity contribution in [1.82, 2.24) is 4.98 Å². The van der Waals surface area contributed by atoms with Gasteiger partial charge in [0.1, 0.15) is 12.4 Å². The van der Waals surface area contributed by atoms with E-state index in [1.807, 2.05) is 11.4 Å². The summed E-state index contributed by atoms with van der Waals surface area (Å²) in [6, 6.07) is 1.84. The first-order valence-electron chi connectivity index (χ1n) is 6.35. The molecular formula is C15H14N2O4S. The molecule has 0 atom stereocenters. The van der Waals surface area contributed by atoms with Gasteiger partial charge in [-0.25, -0.2) is 9.78 Å². The van der Waals surface area contributed by atoms with Crippen LogP contribution in [0.4, 0.5) is 5.82 Å². The van der Waals surface area contributed by atoms with Gasteiger partial charge in [-0.2, -0.15) is 0 Å². The van der Waals surface area contributed by atoms with Crippen molar-refractivity contribution in [3.05, 3.63) is 34.9 Å². The molecule has 0 aliphatic rings. The average molecular weight is 318 g/mol. The standard InChI is InChI=1S/C15H14N2O4S/c1-3-9-11(6-8(2)15(20)21)17-14(16-7-12(18)19)10-4-5-22-13(9)10/h3-6H,1,7H2,2H3,(H,16,17)(H,18,19)(H,20,21)/b8-6+. The van der Waals surface area contributed by atoms with Crippen LogP contribution in [0.2, 0.25) is 0 Å². The van der Waals surface area contributed by atoms with E-state index < -0.39 is 11.9 Å². The molecule has 0 fully saturated rings. The summed E-state index contributed by atoms with van der Waals surface area (Å²) < 4.78 is 0.877. The highest BCUT2D eigenvalue weighted by molar-refractivity contribution is 7.17. The van der Waals surface area contributed by atoms with Gasteiger partial charge >= 0.3 is 11.9 Å². The quantitative estimate of drug-likeness (QED) is 0.708. The zero-order chi connectivity index (χ0) is 16.3. The number of carboxylic acid groups (broad SMARTS) is 2. The van der Waals surface area contributed by atoms with Gasteiger partial charge in [0.15, 0.2) is 0 Å². The van der Waals surface area contributed by atoms with Gasteiger partial charge in [0.2, 0.25) is 0 Å². The predicted octanol–water partition coefficient (Wildman–Crippen LogP) is 2.92. The van der Waals surface area contributed by atoms with Crippen molar-refractivity contribution in [2.24, 2.45) is 0 Å². The first-order valence-corrected chi connectivity index (χ1v) is 7.23. The highest BCUT2D eigenvalue weighted by atomic mass is 32.1. The number of hydrogen-bond acceptors (Lipinski definition) is 5. The van der Waals surface area contributed by atoms with E-state index in [-0.39, 0.29) is 12.1 Å². The zero-order valence-corrected chi connectivity index (χ0v) is 12.6. The Morgan fingerprint density at radius 1 is 1.45 bits per heavy atom. The number of hydrogen-bond donors (Lipinski definition) is 3. The topological polar surface area (TPSA) is 99.5 Å². The summed E-state index contributed by atoms with van der Waals surface area (Å²) in [4.78, 5) is 26.1. The third-order valence-corrected chi connectivity index (χ3v) is 3.92. The maximum Gasteiger partial charge on any atom is 0.331 e. The number of nitrogens with one attached hydrogen (secondary N) is 1. The van der Waals surface area contributed by atoms with Crippen LogP contribution in [0.3, 0.4) is 0 Å². The van der Waals surface area contributed by atoms with Crippen molar-refractivity contribution in [1.29, 1.82) is 0 Å². The predicted molar refractivity (Wildman–Crippen MR) is 87.1 cm³/mol. The van der Waals surface area contributed by atoms with Crippen LogP contribution in [0.5, 0.6) is 0 Å². The molecule has 3 N–H and O–H groups in total. The second kappa shape index (κ2) is 6.40. The number of fused-ring (bicyclic) bond motifs is 1. The van der Waals surface area contributed by atoms with Crippen molar-refractivity contribution in [2.75, 3.05) is 11.9 Å². The lowest BCUT2D eigenvalue weighted by Crippen LogP contribution is -2.14. The largest absolute Gasteiger partial charge is 0.480 e. The Hall–Kier alpha value is -2.67. The molecule has 2 aromatic heterocycles. The molecular weight excluding hydrogens is 304 g/mol. The number of anilines is 1. The number of carboxylic acids is 2. The van der Waals surface area contributed by atoms with Crippen molar-refractivity contribution < 1.29 is 19.8 Å². The third-order valence-electron chi connectivity index (χ3n) is 2.97. The van der Waals surface area contributed by atoms with E-state index >= 15 is 0 Å². The maximum atomic E-state index is 11.0. The van der Waals surface area contributed by atoms with Gasteiger partial charge in [-0.05, 0) is 24.4 Å². The summed E-state index contributed by atoms with van der Waals surface area (Å²) in [6.07, 6.45) is 3.07. The van der Waals surface area contributed by atoms with Gasteiger partial charge in [-0.3, -0.25) is 4.79 Å². The first kappa shape index (κ1) is 15.7. The van der Waals surface area contributed by atoms with Crippen LogP contribution in [-0.4, -0.2) is 33.7 Å². The lowest BCUT2D eigenvalue weighted by Gasteiger charge is -2.10. The van der Waals surface area contributed by atoms with Crippen molar-refractivity contribution in [3.63, 3.8) is 0 Å². The lowest BCUT2D eigenvalue weighted by atomic mass is 10.1. The molecule has 0 amide bonds. The van der Waals surface area contributed by atoms with Crippen molar-refractivity contribution in [3.8, 4) is 0 Å². The lowest BCUT2D eigenvalue weighted by molar-refractivity contribution is -0.135. The molecule has 2 aromatic rings. The summed E-state index contributed by atoms with van der Waals surface area (Å²) in [5, 5.41) is 23.2. The molecule has 0 radical (unpaired) electrons. The Bertz CT molecular complexity index is 792. The minimum atomic E-state index is -1.04. The van der Waals surface area contributed by atoms with E-state index in [0.717, 1.165) is 15.6 Å². The molecule has 0 aromatic carbocycles. The van der Waals surface area contributed by atoms with Crippen LogP contribution in [0.15, 0.2) is 23.6 Å². The number of thiophene rings is 1. The smallest absolute Gasteiger partial charge is 0.331 e. The van der Waals surface area contributed by atoms with Crippen LogP contribution in [0.1, 0.15) is 18.2 Å². The Balaban J connectivity index is 2.63. The second-order valence-electron chi connectivity index (χ2n) is 4.51. The summed E-state index contributed by atoms with van der Waals surface area (Å²) in [5.74, 6) is -1.63. The van der Waals surface area contributed by atoms with Crippen molar-refractivity contribution in [2.45, 2.75) is 6.92 Å². The molecule has 0 unspecified atom stereocenters. The molecule has 0 bridgehead atoms. The van der Waals surface area contributed by atoms with Crippen LogP contribution < -0.4 is 5.32 Å². The summed E-state index contributed by atoms with van der Waals surface area (Å²) in [5.41, 5.74) is 1.31. The molecule has 0 aliphatic carbocycles. The molecule has 0 saturated carbocycles. The minimum absolute atomic E-state index is 0.135. The average Bonchev–Trinajstić information content (AvgIpc) is 2.93. The van der Waals surface area contributed by atoms with Gasteiger partial charge in [-0.15, -0.1) is 11.3 Å². The SMILES string of the molecule is C=Cc1c(/C=C(\C)C(=O)O)nc(NCC(=O)O)c2ccsc12. The monoisotopic (exact) mass is 318 g/mol. The Morgan fingerprint density at radius 2 is 2.18 bits per heavy atom. The molecule has 2 rings (SSSR count). The van der Waals surface area contributed by atoms with E-state index in [2.05, 4.69) is 16.9 Å². The summed E-state index contributed by atoms with van der Waals surface area (Å²) in [6.45, 7) is 4.95. The van der Waals surface area contributed by atoms with E-state index in [0.29, 0.717) is 11.5 Å². The fourth-order valence-electron chi connectivity index (χ4n) is 1.93. The normalized spacial score (nSPS) is 11.4. The Kier molecular flexibility index (Phi) is 4.57. The third kappa shape index (κ3) is 3.15. The molecule has 114 valence electrons. The number of aliphatic carboxylic acids is 2. The highest BCUT2D eigenvalue weighted by Crippen LogP contribution is 2.33. The van der Waals surface area contributed by atoms with E-state index in [1.165, 1.54) is 24.3 Å². The minimum Gasteiger partial charge on any atom is -0.480 e. The summed E-state index contributed by atoms with van der Waals surface area (Å²) in [7, 11) is 0. The highest BCUT2D eigenvalue weighted by Gasteiger charge is 2.14. The molecule has 2 heterocycles. The van der Waals surface area contributed by atoms with E-state index in [1.54, 1.807) is 6.08 Å². The van der Waals surface area contributed by atoms with Crippen LogP contribution >= 0.6 is 11.3 Å². The zero-order valence-electron chi connectivity index (χ0n) is 11.8. The molecule has 22 heavy (non-hydrogen) atoms. The van der Waals surface area contributed by atoms with Gasteiger partial charge in [0.25, 0.3) is 0 Å². The number of nitrogens with zero attached hydrogens (tertiary/aromatic N) is 1. The molecule has 0 spiro atoms. The van der Waals surface area contributed by atoms with Gasteiger partial charge in [0, 0.05) is 21.2 Å². The fraction of sp³-hybridized carbons (Fsp3) is 0.133. The van der Waals surface area contributed by atoms with Crippen LogP contribution in [0, 0.1) is 0 Å². The van der Waals surface area contributed by atoms with E-state index in [4.69, 9.17) is 10.2 Å². The van der Waals surface area contributed by atoms with Gasteiger partial charge in [-0.1, -0.05) is 12.7 Å². The molecule has 6 nitrogen and oxygen atoms in total. The van der Waals surface area contributed by atoms with Crippen molar-refractivity contribution >= 4 is 51.3 Å². The molecule has 7 heteroatoms. The number of rotatable bonds is 6. The van der Waals surface area contributed by atoms with Crippen LogP contribution in [0.25, 0.3) is 22.2 Å². The molecule has 0 saturated heterocycles. The molecule has 0 aliphatic heterocycles. The first-order chi connectivity index (χ1) is 10.4. The number of aromatic nitrogens is 1. The number of carbonyl (C=O) groups is 2. The van der Waals surface area contributed by atoms with E-state index in [9.17, 15) is 9.59 Å².